The van der Waals surface area contributed by atoms with Crippen LogP contribution in [-0.2, 0) is 0 Å². The Balaban J connectivity index is 2.40. The van der Waals surface area contributed by atoms with Gasteiger partial charge in [0.2, 0.25) is 0 Å². The van der Waals surface area contributed by atoms with Crippen molar-refractivity contribution in [3.8, 4) is 0 Å². The van der Waals surface area contributed by atoms with Gasteiger partial charge in [-0.1, -0.05) is 0 Å². The summed E-state index contributed by atoms with van der Waals surface area (Å²) in [6.07, 6.45) is 0. The first kappa shape index (κ1) is 13.5. The maximum Gasteiger partial charge on any atom is 0.136 e. The Morgan fingerprint density at radius 2 is 1.94 bits per heavy atom. The van der Waals surface area contributed by atoms with Gasteiger partial charge in [0.05, 0.1) is 0 Å². The number of thioether (sulfide) groups is 1. The molecular formula is C12H17F2NS. The first-order valence-electron chi connectivity index (χ1n) is 5.21. The lowest BCUT2D eigenvalue weighted by atomic mass is 10.1. The Bertz CT molecular complexity index is 347. The molecule has 0 fully saturated rings. The zero-order valence-electron chi connectivity index (χ0n) is 9.81. The Kier molecular flexibility index (Phi) is 4.74. The molecule has 0 saturated carbocycles. The molecule has 1 N–H and O–H groups in total. The Hall–Kier alpha value is -0.610. The summed E-state index contributed by atoms with van der Waals surface area (Å²) < 4.78 is 26.1. The van der Waals surface area contributed by atoms with Gasteiger partial charge in [-0.05, 0) is 39.0 Å². The van der Waals surface area contributed by atoms with Gasteiger partial charge in [0.25, 0.3) is 0 Å². The van der Waals surface area contributed by atoms with Crippen LogP contribution >= 0.6 is 11.8 Å². The van der Waals surface area contributed by atoms with Crippen molar-refractivity contribution < 1.29 is 8.78 Å². The van der Waals surface area contributed by atoms with E-state index < -0.39 is 5.82 Å². The van der Waals surface area contributed by atoms with Gasteiger partial charge >= 0.3 is 0 Å². The normalized spacial score (nSPS) is 11.8. The Morgan fingerprint density at radius 1 is 1.25 bits per heavy atom. The van der Waals surface area contributed by atoms with Crippen molar-refractivity contribution in [2.45, 2.75) is 31.2 Å². The third-order valence-corrected chi connectivity index (χ3v) is 2.94. The zero-order chi connectivity index (χ0) is 12.2. The van der Waals surface area contributed by atoms with Crippen molar-refractivity contribution >= 4 is 11.8 Å². The molecule has 0 aliphatic carbocycles. The van der Waals surface area contributed by atoms with Crippen LogP contribution in [0.25, 0.3) is 0 Å². The number of hydrogen-bond acceptors (Lipinski definition) is 2. The van der Waals surface area contributed by atoms with Crippen LogP contribution in [0.5, 0.6) is 0 Å². The Labute approximate surface area is 99.6 Å². The molecule has 0 aromatic heterocycles. The van der Waals surface area contributed by atoms with Crippen LogP contribution < -0.4 is 5.32 Å². The van der Waals surface area contributed by atoms with Crippen LogP contribution in [0.15, 0.2) is 23.1 Å². The molecule has 0 heterocycles. The van der Waals surface area contributed by atoms with E-state index in [1.807, 2.05) is 0 Å². The summed E-state index contributed by atoms with van der Waals surface area (Å²) >= 11 is 1.32. The zero-order valence-corrected chi connectivity index (χ0v) is 10.6. The number of hydrogen-bond donors (Lipinski definition) is 1. The van der Waals surface area contributed by atoms with Crippen LogP contribution in [-0.4, -0.2) is 17.8 Å². The molecule has 16 heavy (non-hydrogen) atoms. The topological polar surface area (TPSA) is 12.0 Å². The molecule has 0 bridgehead atoms. The van der Waals surface area contributed by atoms with Crippen molar-refractivity contribution in [3.63, 3.8) is 0 Å². The van der Waals surface area contributed by atoms with Crippen molar-refractivity contribution in [1.29, 1.82) is 0 Å². The van der Waals surface area contributed by atoms with E-state index in [-0.39, 0.29) is 11.4 Å². The van der Waals surface area contributed by atoms with Crippen LogP contribution in [0.3, 0.4) is 0 Å². The highest BCUT2D eigenvalue weighted by atomic mass is 32.2. The van der Waals surface area contributed by atoms with E-state index in [1.54, 1.807) is 0 Å². The standard InChI is InChI=1S/C12H17F2NS/c1-12(2,3)15-6-7-16-11-8-9(13)4-5-10(11)14/h4-5,8,15H,6-7H2,1-3H3. The monoisotopic (exact) mass is 245 g/mol. The van der Waals surface area contributed by atoms with Crippen molar-refractivity contribution in [2.24, 2.45) is 0 Å². The molecule has 0 unspecified atom stereocenters. The maximum absolute atomic E-state index is 13.2. The summed E-state index contributed by atoms with van der Waals surface area (Å²) in [6.45, 7) is 6.98. The van der Waals surface area contributed by atoms with E-state index in [0.717, 1.165) is 24.4 Å². The molecule has 0 amide bonds. The minimum absolute atomic E-state index is 0.0566. The lowest BCUT2D eigenvalue weighted by Gasteiger charge is -2.20. The second-order valence-electron chi connectivity index (χ2n) is 4.60. The molecular weight excluding hydrogens is 228 g/mol. The van der Waals surface area contributed by atoms with Crippen LogP contribution in [0.1, 0.15) is 20.8 Å². The summed E-state index contributed by atoms with van der Waals surface area (Å²) in [7, 11) is 0. The van der Waals surface area contributed by atoms with Gasteiger partial charge in [-0.3, -0.25) is 0 Å². The fourth-order valence-corrected chi connectivity index (χ4v) is 2.00. The summed E-state index contributed by atoms with van der Waals surface area (Å²) in [5.41, 5.74) is 0.0566. The number of rotatable bonds is 4. The van der Waals surface area contributed by atoms with Crippen molar-refractivity contribution in [3.05, 3.63) is 29.8 Å². The fourth-order valence-electron chi connectivity index (χ4n) is 1.17. The maximum atomic E-state index is 13.2. The highest BCUT2D eigenvalue weighted by Gasteiger charge is 2.08. The second kappa shape index (κ2) is 5.64. The van der Waals surface area contributed by atoms with E-state index in [2.05, 4.69) is 26.1 Å². The fraction of sp³-hybridized carbons (Fsp3) is 0.500. The molecule has 1 aromatic rings. The molecule has 0 saturated heterocycles. The molecule has 0 radical (unpaired) electrons. The predicted molar refractivity (Wildman–Crippen MR) is 64.8 cm³/mol. The summed E-state index contributed by atoms with van der Waals surface area (Å²) in [6, 6.07) is 3.53. The average Bonchev–Trinajstić information content (AvgIpc) is 2.16. The van der Waals surface area contributed by atoms with Crippen LogP contribution in [0.4, 0.5) is 8.78 Å². The first-order chi connectivity index (χ1) is 7.38. The van der Waals surface area contributed by atoms with Crippen molar-refractivity contribution in [1.82, 2.24) is 5.32 Å². The van der Waals surface area contributed by atoms with E-state index in [0.29, 0.717) is 4.90 Å². The summed E-state index contributed by atoms with van der Waals surface area (Å²) in [5.74, 6) is -0.0349. The van der Waals surface area contributed by atoms with Gasteiger partial charge < -0.3 is 5.32 Å². The lowest BCUT2D eigenvalue weighted by Crippen LogP contribution is -2.37. The minimum Gasteiger partial charge on any atom is -0.311 e. The minimum atomic E-state index is -0.396. The number of benzene rings is 1. The smallest absolute Gasteiger partial charge is 0.136 e. The lowest BCUT2D eigenvalue weighted by molar-refractivity contribution is 0.441. The molecule has 1 aromatic carbocycles. The molecule has 4 heteroatoms. The third kappa shape index (κ3) is 4.94. The van der Waals surface area contributed by atoms with Gasteiger partial charge in [-0.2, -0.15) is 0 Å². The van der Waals surface area contributed by atoms with E-state index in [9.17, 15) is 8.78 Å². The van der Waals surface area contributed by atoms with Gasteiger partial charge in [0, 0.05) is 22.7 Å². The predicted octanol–water partition coefficient (Wildman–Crippen LogP) is 3.45. The van der Waals surface area contributed by atoms with E-state index in [4.69, 9.17) is 0 Å². The average molecular weight is 245 g/mol. The van der Waals surface area contributed by atoms with Crippen LogP contribution in [0.2, 0.25) is 0 Å². The largest absolute Gasteiger partial charge is 0.311 e. The molecule has 0 aliphatic heterocycles. The highest BCUT2D eigenvalue weighted by Crippen LogP contribution is 2.22. The molecule has 1 nitrogen and oxygen atoms in total. The molecule has 0 aliphatic rings. The van der Waals surface area contributed by atoms with Gasteiger partial charge in [0.15, 0.2) is 0 Å². The molecule has 1 rings (SSSR count). The molecule has 0 spiro atoms. The van der Waals surface area contributed by atoms with Gasteiger partial charge in [-0.25, -0.2) is 8.78 Å². The van der Waals surface area contributed by atoms with E-state index >= 15 is 0 Å². The number of nitrogens with one attached hydrogen (secondary N) is 1. The van der Waals surface area contributed by atoms with Gasteiger partial charge in [0.1, 0.15) is 11.6 Å². The quantitative estimate of drug-likeness (QED) is 0.644. The van der Waals surface area contributed by atoms with Crippen LogP contribution in [0, 0.1) is 11.6 Å². The molecule has 90 valence electrons. The summed E-state index contributed by atoms with van der Waals surface area (Å²) in [5, 5.41) is 3.29. The van der Waals surface area contributed by atoms with Crippen molar-refractivity contribution in [2.75, 3.05) is 12.3 Å². The van der Waals surface area contributed by atoms with E-state index in [1.165, 1.54) is 17.8 Å². The SMILES string of the molecule is CC(C)(C)NCCSc1cc(F)ccc1F. The Morgan fingerprint density at radius 3 is 2.56 bits per heavy atom. The first-order valence-corrected chi connectivity index (χ1v) is 6.20. The second-order valence-corrected chi connectivity index (χ2v) is 5.74. The third-order valence-electron chi connectivity index (χ3n) is 1.91. The summed E-state index contributed by atoms with van der Waals surface area (Å²) in [4.78, 5) is 0.371. The highest BCUT2D eigenvalue weighted by molar-refractivity contribution is 7.99. The number of halogens is 2. The molecule has 0 atom stereocenters. The van der Waals surface area contributed by atoms with Gasteiger partial charge in [-0.15, -0.1) is 11.8 Å².